The largest absolute Gasteiger partial charge is 0.481 e. The van der Waals surface area contributed by atoms with Gasteiger partial charge in [-0.05, 0) is 37.0 Å². The molecule has 0 saturated heterocycles. The van der Waals surface area contributed by atoms with Gasteiger partial charge in [-0.2, -0.15) is 18.2 Å². The molecule has 33 heavy (non-hydrogen) atoms. The van der Waals surface area contributed by atoms with E-state index in [1.54, 1.807) is 7.05 Å². The van der Waals surface area contributed by atoms with Crippen molar-refractivity contribution in [3.63, 3.8) is 0 Å². The number of hydrogen-bond donors (Lipinski definition) is 2. The van der Waals surface area contributed by atoms with Crippen LogP contribution in [0.1, 0.15) is 30.4 Å². The summed E-state index contributed by atoms with van der Waals surface area (Å²) in [6.45, 7) is -0.198. The van der Waals surface area contributed by atoms with Crippen LogP contribution in [-0.2, 0) is 31.6 Å². The Morgan fingerprint density at radius 1 is 1.15 bits per heavy atom. The van der Waals surface area contributed by atoms with Crippen molar-refractivity contribution in [2.75, 3.05) is 5.32 Å². The average molecular weight is 465 g/mol. The van der Waals surface area contributed by atoms with E-state index >= 15 is 0 Å². The van der Waals surface area contributed by atoms with E-state index in [2.05, 4.69) is 10.3 Å². The van der Waals surface area contributed by atoms with E-state index in [0.29, 0.717) is 30.8 Å². The fourth-order valence-corrected chi connectivity index (χ4v) is 4.21. The fraction of sp³-hybridized carbons (Fsp3) is 0.429. The predicted octanol–water partition coefficient (Wildman–Crippen LogP) is 2.17. The number of rotatable bonds is 5. The minimum absolute atomic E-state index is 0.131. The van der Waals surface area contributed by atoms with Crippen molar-refractivity contribution < 1.29 is 23.1 Å². The minimum atomic E-state index is -4.48. The maximum Gasteiger partial charge on any atom is 0.416 e. The summed E-state index contributed by atoms with van der Waals surface area (Å²) in [6.07, 6.45) is -2.88. The lowest BCUT2D eigenvalue weighted by Gasteiger charge is -2.13. The Balaban J connectivity index is 1.68. The summed E-state index contributed by atoms with van der Waals surface area (Å²) < 4.78 is 42.1. The fourth-order valence-electron chi connectivity index (χ4n) is 4.21. The summed E-state index contributed by atoms with van der Waals surface area (Å²) in [6, 6.07) is 4.14. The van der Waals surface area contributed by atoms with Gasteiger partial charge in [0.25, 0.3) is 5.56 Å². The molecule has 1 aliphatic rings. The molecule has 2 atom stereocenters. The maximum absolute atomic E-state index is 13.1. The number of carboxylic acid groups (broad SMARTS) is 1. The number of aromatic nitrogens is 4. The van der Waals surface area contributed by atoms with Crippen molar-refractivity contribution in [3.8, 4) is 0 Å². The molecule has 9 nitrogen and oxygen atoms in total. The van der Waals surface area contributed by atoms with Crippen molar-refractivity contribution in [3.05, 3.63) is 56.2 Å². The zero-order chi connectivity index (χ0) is 24.1. The first-order valence-corrected chi connectivity index (χ1v) is 10.3. The monoisotopic (exact) mass is 465 g/mol. The summed E-state index contributed by atoms with van der Waals surface area (Å²) in [4.78, 5) is 41.6. The van der Waals surface area contributed by atoms with Gasteiger partial charge in [0.05, 0.1) is 18.0 Å². The van der Waals surface area contributed by atoms with Gasteiger partial charge >= 0.3 is 17.8 Å². The van der Waals surface area contributed by atoms with Crippen molar-refractivity contribution in [1.82, 2.24) is 18.7 Å². The number of carbonyl (C=O) groups is 1. The first-order chi connectivity index (χ1) is 15.5. The molecule has 176 valence electrons. The van der Waals surface area contributed by atoms with Gasteiger partial charge in [-0.1, -0.05) is 12.1 Å². The van der Waals surface area contributed by atoms with Crippen LogP contribution >= 0.6 is 0 Å². The van der Waals surface area contributed by atoms with Crippen LogP contribution in [0, 0.1) is 5.92 Å². The van der Waals surface area contributed by atoms with Crippen molar-refractivity contribution in [2.24, 2.45) is 20.0 Å². The number of halogens is 3. The Kier molecular flexibility index (Phi) is 5.54. The van der Waals surface area contributed by atoms with Crippen LogP contribution in [0.3, 0.4) is 0 Å². The van der Waals surface area contributed by atoms with E-state index in [0.717, 1.165) is 16.7 Å². The zero-order valence-electron chi connectivity index (χ0n) is 17.9. The van der Waals surface area contributed by atoms with E-state index in [-0.39, 0.29) is 23.8 Å². The number of fused-ring (bicyclic) bond motifs is 1. The van der Waals surface area contributed by atoms with Gasteiger partial charge in [0.2, 0.25) is 5.95 Å². The number of aliphatic carboxylic acids is 1. The smallest absolute Gasteiger partial charge is 0.416 e. The summed E-state index contributed by atoms with van der Waals surface area (Å²) in [5, 5.41) is 12.4. The van der Waals surface area contributed by atoms with Crippen molar-refractivity contribution >= 4 is 23.1 Å². The molecule has 1 aromatic carbocycles. The highest BCUT2D eigenvalue weighted by Gasteiger charge is 2.31. The molecule has 3 aromatic rings. The molecule has 1 saturated carbocycles. The first kappa shape index (κ1) is 22.6. The molecule has 1 fully saturated rings. The van der Waals surface area contributed by atoms with Gasteiger partial charge in [0.1, 0.15) is 0 Å². The third-order valence-electron chi connectivity index (χ3n) is 6.10. The van der Waals surface area contributed by atoms with Crippen molar-refractivity contribution in [2.45, 2.75) is 38.0 Å². The van der Waals surface area contributed by atoms with Crippen LogP contribution in [0.4, 0.5) is 19.1 Å². The number of aryl methyl sites for hydroxylation is 2. The van der Waals surface area contributed by atoms with Crippen LogP contribution in [-0.4, -0.2) is 35.8 Å². The molecule has 2 heterocycles. The quantitative estimate of drug-likeness (QED) is 0.598. The number of anilines is 1. The highest BCUT2D eigenvalue weighted by molar-refractivity contribution is 5.74. The second-order valence-electron chi connectivity index (χ2n) is 8.28. The molecular weight excluding hydrogens is 443 g/mol. The zero-order valence-corrected chi connectivity index (χ0v) is 17.9. The van der Waals surface area contributed by atoms with Gasteiger partial charge in [-0.25, -0.2) is 4.79 Å². The lowest BCUT2D eigenvalue weighted by Crippen LogP contribution is -2.39. The van der Waals surface area contributed by atoms with Crippen LogP contribution < -0.4 is 16.6 Å². The number of alkyl halides is 3. The molecule has 0 radical (unpaired) electrons. The van der Waals surface area contributed by atoms with Gasteiger partial charge in [-0.3, -0.25) is 18.7 Å². The molecule has 2 N–H and O–H groups in total. The second kappa shape index (κ2) is 8.09. The Morgan fingerprint density at radius 3 is 2.39 bits per heavy atom. The topological polar surface area (TPSA) is 111 Å². The summed E-state index contributed by atoms with van der Waals surface area (Å²) in [7, 11) is 3.07. The van der Waals surface area contributed by atoms with Gasteiger partial charge < -0.3 is 15.0 Å². The molecule has 1 aliphatic carbocycles. The van der Waals surface area contributed by atoms with Crippen molar-refractivity contribution in [1.29, 1.82) is 0 Å². The number of benzene rings is 1. The Hall–Kier alpha value is -3.57. The maximum atomic E-state index is 13.1. The van der Waals surface area contributed by atoms with E-state index in [1.165, 1.54) is 28.3 Å². The van der Waals surface area contributed by atoms with Gasteiger partial charge in [-0.15, -0.1) is 0 Å². The first-order valence-electron chi connectivity index (χ1n) is 10.3. The third-order valence-corrected chi connectivity index (χ3v) is 6.10. The third kappa shape index (κ3) is 4.12. The Labute approximate surface area is 185 Å². The molecule has 2 aromatic heterocycles. The molecular formula is C21H22F3N5O4. The normalized spacial score (nSPS) is 18.7. The SMILES string of the molecule is Cn1c(N[C@@H]2CC[C@H](C(=O)O)C2)nc2c1c(=O)n(Cc1ccc(C(F)(F)F)cc1)c(=O)n2C. The average Bonchev–Trinajstić information content (AvgIpc) is 3.35. The lowest BCUT2D eigenvalue weighted by molar-refractivity contribution is -0.141. The Bertz CT molecular complexity index is 1340. The standard InChI is InChI=1S/C21H22F3N5O4/c1-27-15-16(26-19(27)25-14-8-5-12(9-14)18(31)32)28(2)20(33)29(17(15)30)10-11-3-6-13(7-4-11)21(22,23)24/h3-4,6-7,12,14H,5,8-10H2,1-2H3,(H,25,26)(H,31,32)/t12-,14+/m0/s1. The van der Waals surface area contributed by atoms with Gasteiger partial charge in [0.15, 0.2) is 11.2 Å². The van der Waals surface area contributed by atoms with Crippen LogP contribution in [0.5, 0.6) is 0 Å². The van der Waals surface area contributed by atoms with Crippen LogP contribution in [0.15, 0.2) is 33.9 Å². The molecule has 0 amide bonds. The Morgan fingerprint density at radius 2 is 1.82 bits per heavy atom. The predicted molar refractivity (Wildman–Crippen MR) is 113 cm³/mol. The highest BCUT2D eigenvalue weighted by Crippen LogP contribution is 2.30. The molecule has 0 aliphatic heterocycles. The van der Waals surface area contributed by atoms with Crippen LogP contribution in [0.2, 0.25) is 0 Å². The van der Waals surface area contributed by atoms with Gasteiger partial charge in [0, 0.05) is 20.1 Å². The highest BCUT2D eigenvalue weighted by atomic mass is 19.4. The minimum Gasteiger partial charge on any atom is -0.481 e. The number of nitrogens with one attached hydrogen (secondary N) is 1. The molecule has 0 bridgehead atoms. The summed E-state index contributed by atoms with van der Waals surface area (Å²) in [5.41, 5.74) is -1.41. The van der Waals surface area contributed by atoms with E-state index < -0.39 is 34.9 Å². The lowest BCUT2D eigenvalue weighted by atomic mass is 10.1. The summed E-state index contributed by atoms with van der Waals surface area (Å²) in [5.74, 6) is -0.958. The van der Waals surface area contributed by atoms with E-state index in [9.17, 15) is 32.7 Å². The van der Waals surface area contributed by atoms with E-state index in [4.69, 9.17) is 0 Å². The molecule has 4 rings (SSSR count). The number of imidazole rings is 1. The van der Waals surface area contributed by atoms with Crippen LogP contribution in [0.25, 0.3) is 11.2 Å². The molecule has 12 heteroatoms. The van der Waals surface area contributed by atoms with E-state index in [1.807, 2.05) is 0 Å². The second-order valence-corrected chi connectivity index (χ2v) is 8.28. The molecule has 0 spiro atoms. The number of hydrogen-bond acceptors (Lipinski definition) is 5. The summed E-state index contributed by atoms with van der Waals surface area (Å²) >= 11 is 0. The molecule has 0 unspecified atom stereocenters. The number of nitrogens with zero attached hydrogens (tertiary/aromatic N) is 4. The number of carboxylic acids is 1.